The second kappa shape index (κ2) is 10.5. The van der Waals surface area contributed by atoms with Crippen molar-refractivity contribution < 1.29 is 9.15 Å². The van der Waals surface area contributed by atoms with Gasteiger partial charge in [-0.15, -0.1) is 0 Å². The molecule has 1 fully saturated rings. The van der Waals surface area contributed by atoms with E-state index in [4.69, 9.17) is 21.4 Å². The molecule has 1 aliphatic heterocycles. The minimum Gasteiger partial charge on any atom is -0.497 e. The van der Waals surface area contributed by atoms with Gasteiger partial charge in [0.1, 0.15) is 11.5 Å². The van der Waals surface area contributed by atoms with Crippen molar-refractivity contribution >= 4 is 23.0 Å². The molecular weight excluding hydrogens is 370 g/mol. The number of furan rings is 1. The molecule has 28 heavy (non-hydrogen) atoms. The smallest absolute Gasteiger partial charge is 0.173 e. The van der Waals surface area contributed by atoms with Crippen LogP contribution in [0.15, 0.2) is 47.1 Å². The van der Waals surface area contributed by atoms with Gasteiger partial charge in [0, 0.05) is 18.8 Å². The van der Waals surface area contributed by atoms with Gasteiger partial charge in [-0.3, -0.25) is 0 Å². The summed E-state index contributed by atoms with van der Waals surface area (Å²) in [5, 5.41) is 4.06. The maximum absolute atomic E-state index is 5.71. The van der Waals surface area contributed by atoms with E-state index in [1.165, 1.54) is 25.9 Å². The van der Waals surface area contributed by atoms with E-state index in [-0.39, 0.29) is 0 Å². The van der Waals surface area contributed by atoms with Gasteiger partial charge in [0.2, 0.25) is 0 Å². The number of nitrogens with zero attached hydrogens (tertiary/aromatic N) is 2. The maximum Gasteiger partial charge on any atom is 0.173 e. The Labute approximate surface area is 173 Å². The monoisotopic (exact) mass is 401 g/mol. The summed E-state index contributed by atoms with van der Waals surface area (Å²) in [6.45, 7) is 7.47. The van der Waals surface area contributed by atoms with Gasteiger partial charge in [-0.05, 0) is 86.9 Å². The maximum atomic E-state index is 5.71. The van der Waals surface area contributed by atoms with Crippen LogP contribution in [0.25, 0.3) is 0 Å². The second-order valence-corrected chi connectivity index (χ2v) is 7.95. The van der Waals surface area contributed by atoms with Crippen molar-refractivity contribution in [3.05, 3.63) is 48.4 Å². The number of anilines is 1. The predicted octanol–water partition coefficient (Wildman–Crippen LogP) is 4.61. The lowest BCUT2D eigenvalue weighted by molar-refractivity contribution is 0.177. The lowest BCUT2D eigenvalue weighted by atomic mass is 10.0. The highest BCUT2D eigenvalue weighted by atomic mass is 32.1. The number of rotatable bonds is 8. The van der Waals surface area contributed by atoms with Gasteiger partial charge in [-0.2, -0.15) is 0 Å². The zero-order valence-corrected chi connectivity index (χ0v) is 17.7. The summed E-state index contributed by atoms with van der Waals surface area (Å²) in [5.41, 5.74) is 0.958. The van der Waals surface area contributed by atoms with Crippen molar-refractivity contribution in [2.24, 2.45) is 5.92 Å². The van der Waals surface area contributed by atoms with Crippen LogP contribution in [-0.4, -0.2) is 48.2 Å². The van der Waals surface area contributed by atoms with Gasteiger partial charge in [0.25, 0.3) is 0 Å². The van der Waals surface area contributed by atoms with Crippen LogP contribution in [0, 0.1) is 5.92 Å². The van der Waals surface area contributed by atoms with E-state index >= 15 is 0 Å². The van der Waals surface area contributed by atoms with Crippen molar-refractivity contribution in [3.8, 4) is 5.75 Å². The Morgan fingerprint density at radius 2 is 2.14 bits per heavy atom. The number of piperidine rings is 1. The number of hydrogen-bond acceptors (Lipinski definition) is 4. The molecule has 6 heteroatoms. The first-order valence-electron chi connectivity index (χ1n) is 10.1. The third-order valence-corrected chi connectivity index (χ3v) is 5.56. The van der Waals surface area contributed by atoms with E-state index in [0.29, 0.717) is 11.7 Å². The molecule has 1 aliphatic rings. The van der Waals surface area contributed by atoms with Crippen LogP contribution in [-0.2, 0) is 6.54 Å². The third-order valence-electron chi connectivity index (χ3n) is 5.20. The molecule has 5 nitrogen and oxygen atoms in total. The van der Waals surface area contributed by atoms with Crippen LogP contribution < -0.4 is 10.1 Å². The average Bonchev–Trinajstić information content (AvgIpc) is 3.21. The molecule has 1 atom stereocenters. The average molecular weight is 402 g/mol. The van der Waals surface area contributed by atoms with Crippen molar-refractivity contribution in [2.45, 2.75) is 32.7 Å². The lowest BCUT2D eigenvalue weighted by Crippen LogP contribution is -2.39. The molecule has 0 radical (unpaired) electrons. The summed E-state index contributed by atoms with van der Waals surface area (Å²) < 4.78 is 10.8. The molecular formula is C22H31N3O2S. The molecule has 0 saturated carbocycles. The molecule has 152 valence electrons. The first-order valence-corrected chi connectivity index (χ1v) is 10.5. The van der Waals surface area contributed by atoms with E-state index in [0.717, 1.165) is 42.6 Å². The van der Waals surface area contributed by atoms with E-state index in [1.807, 2.05) is 36.4 Å². The number of hydrogen-bond donors (Lipinski definition) is 1. The van der Waals surface area contributed by atoms with Gasteiger partial charge < -0.3 is 24.3 Å². The molecule has 2 aromatic rings. The molecule has 2 heterocycles. The van der Waals surface area contributed by atoms with Gasteiger partial charge in [0.05, 0.1) is 19.9 Å². The molecule has 0 spiro atoms. The third kappa shape index (κ3) is 6.24. The zero-order valence-electron chi connectivity index (χ0n) is 16.9. The topological polar surface area (TPSA) is 40.9 Å². The van der Waals surface area contributed by atoms with E-state index < -0.39 is 0 Å². The summed E-state index contributed by atoms with van der Waals surface area (Å²) >= 11 is 5.71. The largest absolute Gasteiger partial charge is 0.497 e. The second-order valence-electron chi connectivity index (χ2n) is 7.56. The minimum absolute atomic E-state index is 0.672. The molecule has 1 saturated heterocycles. The first-order chi connectivity index (χ1) is 13.6. The summed E-state index contributed by atoms with van der Waals surface area (Å²) in [5.74, 6) is 2.57. The molecule has 0 amide bonds. The molecule has 1 aromatic carbocycles. The summed E-state index contributed by atoms with van der Waals surface area (Å²) in [6.07, 6.45) is 5.46. The van der Waals surface area contributed by atoms with Crippen LogP contribution >= 0.6 is 12.2 Å². The number of likely N-dealkylation sites (tertiary alicyclic amines) is 1. The first kappa shape index (κ1) is 20.7. The number of benzene rings is 1. The Kier molecular flexibility index (Phi) is 7.74. The minimum atomic E-state index is 0.672. The van der Waals surface area contributed by atoms with Crippen molar-refractivity contribution in [2.75, 3.05) is 38.6 Å². The fraction of sp³-hybridized carbons (Fsp3) is 0.500. The number of methoxy groups -OCH3 is 1. The lowest BCUT2D eigenvalue weighted by Gasteiger charge is -2.32. The van der Waals surface area contributed by atoms with Crippen LogP contribution in [0.4, 0.5) is 5.69 Å². The van der Waals surface area contributed by atoms with Crippen LogP contribution in [0.3, 0.4) is 0 Å². The van der Waals surface area contributed by atoms with Crippen molar-refractivity contribution in [3.63, 3.8) is 0 Å². The van der Waals surface area contributed by atoms with E-state index in [2.05, 4.69) is 22.0 Å². The Morgan fingerprint density at radius 1 is 1.32 bits per heavy atom. The van der Waals surface area contributed by atoms with Gasteiger partial charge >= 0.3 is 0 Å². The predicted molar refractivity (Wildman–Crippen MR) is 118 cm³/mol. The Morgan fingerprint density at radius 3 is 2.82 bits per heavy atom. The molecule has 1 aromatic heterocycles. The highest BCUT2D eigenvalue weighted by Gasteiger charge is 2.17. The number of ether oxygens (including phenoxy) is 1. The fourth-order valence-electron chi connectivity index (χ4n) is 3.69. The highest BCUT2D eigenvalue weighted by molar-refractivity contribution is 7.80. The molecule has 0 bridgehead atoms. The molecule has 1 N–H and O–H groups in total. The van der Waals surface area contributed by atoms with Crippen LogP contribution in [0.2, 0.25) is 0 Å². The summed E-state index contributed by atoms with van der Waals surface area (Å²) in [7, 11) is 1.67. The van der Waals surface area contributed by atoms with Crippen LogP contribution in [0.5, 0.6) is 5.75 Å². The summed E-state index contributed by atoms with van der Waals surface area (Å²) in [6, 6.07) is 11.7. The van der Waals surface area contributed by atoms with Crippen LogP contribution in [0.1, 0.15) is 31.9 Å². The van der Waals surface area contributed by atoms with Crippen molar-refractivity contribution in [1.82, 2.24) is 9.80 Å². The van der Waals surface area contributed by atoms with E-state index in [1.54, 1.807) is 13.4 Å². The quantitative estimate of drug-likeness (QED) is 0.652. The molecule has 0 aliphatic carbocycles. The zero-order chi connectivity index (χ0) is 19.8. The number of nitrogens with one attached hydrogen (secondary N) is 1. The highest BCUT2D eigenvalue weighted by Crippen LogP contribution is 2.18. The Bertz CT molecular complexity index is 718. The van der Waals surface area contributed by atoms with Gasteiger partial charge in [-0.25, -0.2) is 0 Å². The molecule has 1 unspecified atom stereocenters. The number of thiocarbonyl (C=S) groups is 1. The van der Waals surface area contributed by atoms with E-state index in [9.17, 15) is 0 Å². The Balaban J connectivity index is 1.56. The standard InChI is InChI=1S/C22H31N3O2S/c1-18-6-3-12-24(16-18)13-5-14-25(17-21-7-4-15-27-21)22(28)23-19-8-10-20(26-2)11-9-19/h4,7-11,15,18H,3,5-6,12-14,16-17H2,1-2H3,(H,23,28). The van der Waals surface area contributed by atoms with Gasteiger partial charge in [-0.1, -0.05) is 6.92 Å². The fourth-order valence-corrected chi connectivity index (χ4v) is 3.97. The van der Waals surface area contributed by atoms with Gasteiger partial charge in [0.15, 0.2) is 5.11 Å². The Hall–Kier alpha value is -2.05. The summed E-state index contributed by atoms with van der Waals surface area (Å²) in [4.78, 5) is 4.77. The molecule has 3 rings (SSSR count). The SMILES string of the molecule is COc1ccc(NC(=S)N(CCCN2CCCC(C)C2)Cc2ccco2)cc1. The normalized spacial score (nSPS) is 17.3. The van der Waals surface area contributed by atoms with Crippen molar-refractivity contribution in [1.29, 1.82) is 0 Å².